The molecule has 2 N–H and O–H groups in total. The van der Waals surface area contributed by atoms with Crippen molar-refractivity contribution in [2.75, 3.05) is 28.4 Å². The zero-order valence-electron chi connectivity index (χ0n) is 18.1. The number of hydrogen-bond donors (Lipinski definition) is 2. The zero-order chi connectivity index (χ0) is 22.0. The van der Waals surface area contributed by atoms with Gasteiger partial charge in [0.25, 0.3) is 0 Å². The number of benzene rings is 2. The van der Waals surface area contributed by atoms with Crippen molar-refractivity contribution in [1.29, 1.82) is 0 Å². The molecule has 0 bridgehead atoms. The Kier molecular flexibility index (Phi) is 5.75. The molecule has 7 heteroatoms. The summed E-state index contributed by atoms with van der Waals surface area (Å²) in [5, 5.41) is 6.04. The van der Waals surface area contributed by atoms with Gasteiger partial charge >= 0.3 is 6.03 Å². The summed E-state index contributed by atoms with van der Waals surface area (Å²) in [6.45, 7) is 0. The molecule has 0 saturated carbocycles. The van der Waals surface area contributed by atoms with Gasteiger partial charge < -0.3 is 29.6 Å². The normalized spacial score (nSPS) is 18.9. The Morgan fingerprint density at radius 1 is 0.871 bits per heavy atom. The summed E-state index contributed by atoms with van der Waals surface area (Å²) in [5.74, 6) is 2.90. The van der Waals surface area contributed by atoms with Crippen molar-refractivity contribution >= 4 is 12.1 Å². The van der Waals surface area contributed by atoms with Crippen molar-refractivity contribution in [3.8, 4) is 23.0 Å². The highest BCUT2D eigenvalue weighted by atomic mass is 16.5. The van der Waals surface area contributed by atoms with Crippen LogP contribution in [0.1, 0.15) is 30.0 Å². The monoisotopic (exact) mass is 422 g/mol. The van der Waals surface area contributed by atoms with Gasteiger partial charge in [-0.05, 0) is 66.5 Å². The Hall–Kier alpha value is -3.61. The molecule has 0 radical (unpaired) electrons. The van der Waals surface area contributed by atoms with E-state index in [9.17, 15) is 4.79 Å². The van der Waals surface area contributed by atoms with Crippen LogP contribution in [0.2, 0.25) is 0 Å². The zero-order valence-corrected chi connectivity index (χ0v) is 18.1. The summed E-state index contributed by atoms with van der Waals surface area (Å²) in [6, 6.07) is 10.7. The van der Waals surface area contributed by atoms with E-state index in [0.717, 1.165) is 52.3 Å². The second-order valence-corrected chi connectivity index (χ2v) is 7.32. The lowest BCUT2D eigenvalue weighted by molar-refractivity contribution is 0.238. The SMILES string of the molecule is COc1ccc(OC)c(/C=C2\CCC3=C2NC(=O)NC3c2cc(OC)ccc2OC)c1. The maximum atomic E-state index is 12.6. The molecule has 1 heterocycles. The van der Waals surface area contributed by atoms with Crippen LogP contribution < -0.4 is 29.6 Å². The van der Waals surface area contributed by atoms with E-state index >= 15 is 0 Å². The molecule has 2 aliphatic rings. The third-order valence-electron chi connectivity index (χ3n) is 5.68. The number of nitrogens with one attached hydrogen (secondary N) is 2. The smallest absolute Gasteiger partial charge is 0.319 e. The second-order valence-electron chi connectivity index (χ2n) is 7.32. The lowest BCUT2D eigenvalue weighted by Crippen LogP contribution is -2.43. The first-order valence-electron chi connectivity index (χ1n) is 10.0. The van der Waals surface area contributed by atoms with E-state index in [1.165, 1.54) is 0 Å². The minimum absolute atomic E-state index is 0.251. The lowest BCUT2D eigenvalue weighted by atomic mass is 9.95. The molecule has 2 aromatic carbocycles. The van der Waals surface area contributed by atoms with Crippen LogP contribution in [-0.2, 0) is 0 Å². The van der Waals surface area contributed by atoms with E-state index in [0.29, 0.717) is 11.5 Å². The molecule has 0 aromatic heterocycles. The van der Waals surface area contributed by atoms with Crippen LogP contribution in [0.15, 0.2) is 53.2 Å². The van der Waals surface area contributed by atoms with E-state index in [2.05, 4.69) is 16.7 Å². The van der Waals surface area contributed by atoms with Gasteiger partial charge in [-0.25, -0.2) is 4.79 Å². The largest absolute Gasteiger partial charge is 0.497 e. The molecular weight excluding hydrogens is 396 g/mol. The van der Waals surface area contributed by atoms with Gasteiger partial charge in [0.1, 0.15) is 23.0 Å². The average molecular weight is 422 g/mol. The van der Waals surface area contributed by atoms with Gasteiger partial charge in [-0.15, -0.1) is 0 Å². The Morgan fingerprint density at radius 3 is 2.23 bits per heavy atom. The number of allylic oxidation sites excluding steroid dienone is 1. The molecular formula is C24H26N2O5. The van der Waals surface area contributed by atoms with E-state index < -0.39 is 0 Å². The first-order valence-corrected chi connectivity index (χ1v) is 10.0. The van der Waals surface area contributed by atoms with Gasteiger partial charge in [-0.1, -0.05) is 0 Å². The average Bonchev–Trinajstić information content (AvgIpc) is 3.20. The standard InChI is InChI=1S/C24H26N2O5/c1-28-16-6-9-20(30-3)15(12-16)11-14-5-8-18-22(14)25-24(27)26-23(18)19-13-17(29-2)7-10-21(19)31-4/h6-7,9-13,23H,5,8H2,1-4H3,(H2,25,26,27)/b14-11+. The van der Waals surface area contributed by atoms with Gasteiger partial charge in [-0.3, -0.25) is 0 Å². The highest BCUT2D eigenvalue weighted by Gasteiger charge is 2.35. The van der Waals surface area contributed by atoms with Crippen LogP contribution >= 0.6 is 0 Å². The number of methoxy groups -OCH3 is 4. The molecule has 162 valence electrons. The van der Waals surface area contributed by atoms with Gasteiger partial charge in [0.2, 0.25) is 0 Å². The minimum atomic E-state index is -0.299. The molecule has 4 rings (SSSR count). The van der Waals surface area contributed by atoms with Crippen molar-refractivity contribution in [2.24, 2.45) is 0 Å². The predicted molar refractivity (Wildman–Crippen MR) is 118 cm³/mol. The summed E-state index contributed by atoms with van der Waals surface area (Å²) < 4.78 is 21.8. The second kappa shape index (κ2) is 8.63. The van der Waals surface area contributed by atoms with Crippen molar-refractivity contribution in [2.45, 2.75) is 18.9 Å². The topological polar surface area (TPSA) is 78.1 Å². The van der Waals surface area contributed by atoms with Gasteiger partial charge in [-0.2, -0.15) is 0 Å². The maximum Gasteiger partial charge on any atom is 0.319 e. The van der Waals surface area contributed by atoms with Gasteiger partial charge in [0.05, 0.1) is 34.5 Å². The van der Waals surface area contributed by atoms with Crippen molar-refractivity contribution in [3.63, 3.8) is 0 Å². The number of carbonyl (C=O) groups excluding carboxylic acids is 1. The van der Waals surface area contributed by atoms with Crippen LogP contribution in [0, 0.1) is 0 Å². The molecule has 0 saturated heterocycles. The molecule has 0 spiro atoms. The van der Waals surface area contributed by atoms with Crippen LogP contribution in [0.4, 0.5) is 4.79 Å². The molecule has 7 nitrogen and oxygen atoms in total. The number of amides is 2. The predicted octanol–water partition coefficient (Wildman–Crippen LogP) is 4.21. The van der Waals surface area contributed by atoms with Crippen LogP contribution in [0.5, 0.6) is 23.0 Å². The Bertz CT molecular complexity index is 1070. The number of rotatable bonds is 6. The number of ether oxygens (including phenoxy) is 4. The molecule has 31 heavy (non-hydrogen) atoms. The summed E-state index contributed by atoms with van der Waals surface area (Å²) in [5.41, 5.74) is 4.77. The number of urea groups is 1. The van der Waals surface area contributed by atoms with Crippen LogP contribution in [-0.4, -0.2) is 34.5 Å². The third kappa shape index (κ3) is 3.91. The molecule has 1 atom stereocenters. The molecule has 2 amide bonds. The summed E-state index contributed by atoms with van der Waals surface area (Å²) in [6.07, 6.45) is 3.66. The van der Waals surface area contributed by atoms with Crippen molar-refractivity contribution < 1.29 is 23.7 Å². The molecule has 1 aliphatic heterocycles. The van der Waals surface area contributed by atoms with E-state index in [1.54, 1.807) is 28.4 Å². The fraction of sp³-hybridized carbons (Fsp3) is 0.292. The number of hydrogen-bond acceptors (Lipinski definition) is 5. The fourth-order valence-corrected chi connectivity index (χ4v) is 4.16. The van der Waals surface area contributed by atoms with E-state index in [1.807, 2.05) is 36.4 Å². The molecule has 2 aromatic rings. The Labute approximate surface area is 181 Å². The van der Waals surface area contributed by atoms with Gasteiger partial charge in [0, 0.05) is 16.8 Å². The van der Waals surface area contributed by atoms with Crippen molar-refractivity contribution in [1.82, 2.24) is 10.6 Å². The summed E-state index contributed by atoms with van der Waals surface area (Å²) in [4.78, 5) is 12.6. The first-order chi connectivity index (χ1) is 15.1. The lowest BCUT2D eigenvalue weighted by Gasteiger charge is -2.28. The Morgan fingerprint density at radius 2 is 1.55 bits per heavy atom. The summed E-state index contributed by atoms with van der Waals surface area (Å²) in [7, 11) is 6.52. The quantitative estimate of drug-likeness (QED) is 0.729. The molecule has 1 aliphatic carbocycles. The Balaban J connectivity index is 1.79. The maximum absolute atomic E-state index is 12.6. The van der Waals surface area contributed by atoms with E-state index in [-0.39, 0.29) is 12.1 Å². The first kappa shape index (κ1) is 20.7. The van der Waals surface area contributed by atoms with E-state index in [4.69, 9.17) is 18.9 Å². The van der Waals surface area contributed by atoms with Crippen LogP contribution in [0.3, 0.4) is 0 Å². The molecule has 1 unspecified atom stereocenters. The highest BCUT2D eigenvalue weighted by Crippen LogP contribution is 2.44. The fourth-order valence-electron chi connectivity index (χ4n) is 4.16. The van der Waals surface area contributed by atoms with Crippen LogP contribution in [0.25, 0.3) is 6.08 Å². The van der Waals surface area contributed by atoms with Gasteiger partial charge in [0.15, 0.2) is 0 Å². The minimum Gasteiger partial charge on any atom is -0.497 e. The highest BCUT2D eigenvalue weighted by molar-refractivity contribution is 5.82. The third-order valence-corrected chi connectivity index (χ3v) is 5.68. The van der Waals surface area contributed by atoms with Crippen molar-refractivity contribution in [3.05, 3.63) is 64.4 Å². The summed E-state index contributed by atoms with van der Waals surface area (Å²) >= 11 is 0. The number of carbonyl (C=O) groups is 1. The molecule has 0 fully saturated rings.